The largest absolute Gasteiger partial charge is 0.377 e. The summed E-state index contributed by atoms with van der Waals surface area (Å²) in [4.78, 5) is 2.15. The first-order valence-corrected chi connectivity index (χ1v) is 7.50. The van der Waals surface area contributed by atoms with Crippen molar-refractivity contribution < 1.29 is 0 Å². The van der Waals surface area contributed by atoms with Crippen LogP contribution in [0.4, 0.5) is 5.69 Å². The minimum Gasteiger partial charge on any atom is -0.377 e. The Kier molecular flexibility index (Phi) is 5.37. The van der Waals surface area contributed by atoms with Gasteiger partial charge in [0.05, 0.1) is 0 Å². The summed E-state index contributed by atoms with van der Waals surface area (Å²) in [6.45, 7) is 5.79. The molecule has 1 nitrogen and oxygen atoms in total. The van der Waals surface area contributed by atoms with Gasteiger partial charge in [0.25, 0.3) is 0 Å². The zero-order valence-corrected chi connectivity index (χ0v) is 13.6. The molecule has 112 valence electrons. The van der Waals surface area contributed by atoms with Gasteiger partial charge in [-0.25, -0.2) is 0 Å². The van der Waals surface area contributed by atoms with Crippen LogP contribution in [0.15, 0.2) is 78.9 Å². The van der Waals surface area contributed by atoms with Crippen LogP contribution in [-0.2, 0) is 0 Å². The molecule has 0 N–H and O–H groups in total. The summed E-state index contributed by atoms with van der Waals surface area (Å²) >= 11 is 0. The SMILES string of the molecule is C=C/C=C(\C=C/C)/C=C/c1ccc(N(C)C)c2ccccc12. The Morgan fingerprint density at radius 3 is 2.36 bits per heavy atom. The van der Waals surface area contributed by atoms with Crippen LogP contribution in [0.3, 0.4) is 0 Å². The average molecular weight is 289 g/mol. The van der Waals surface area contributed by atoms with Gasteiger partial charge in [-0.05, 0) is 29.5 Å². The van der Waals surface area contributed by atoms with Gasteiger partial charge in [0, 0.05) is 25.2 Å². The number of hydrogen-bond donors (Lipinski definition) is 0. The van der Waals surface area contributed by atoms with E-state index in [1.165, 1.54) is 22.0 Å². The van der Waals surface area contributed by atoms with Crippen molar-refractivity contribution in [3.63, 3.8) is 0 Å². The van der Waals surface area contributed by atoms with Gasteiger partial charge in [-0.3, -0.25) is 0 Å². The maximum atomic E-state index is 3.77. The summed E-state index contributed by atoms with van der Waals surface area (Å²) in [7, 11) is 4.16. The van der Waals surface area contributed by atoms with Crippen molar-refractivity contribution in [2.75, 3.05) is 19.0 Å². The molecule has 2 aromatic carbocycles. The predicted octanol–water partition coefficient (Wildman–Crippen LogP) is 5.61. The van der Waals surface area contributed by atoms with E-state index in [1.54, 1.807) is 0 Å². The monoisotopic (exact) mass is 289 g/mol. The first kappa shape index (κ1) is 15.8. The molecule has 2 aromatic rings. The highest BCUT2D eigenvalue weighted by Crippen LogP contribution is 2.29. The van der Waals surface area contributed by atoms with Gasteiger partial charge in [0.1, 0.15) is 0 Å². The third kappa shape index (κ3) is 3.56. The second-order valence-electron chi connectivity index (χ2n) is 5.35. The quantitative estimate of drug-likeness (QED) is 0.647. The Morgan fingerprint density at radius 1 is 1.00 bits per heavy atom. The summed E-state index contributed by atoms with van der Waals surface area (Å²) in [6, 6.07) is 12.9. The maximum absolute atomic E-state index is 3.77. The smallest absolute Gasteiger partial charge is 0.0441 e. The highest BCUT2D eigenvalue weighted by atomic mass is 15.1. The summed E-state index contributed by atoms with van der Waals surface area (Å²) in [5, 5.41) is 2.54. The number of anilines is 1. The lowest BCUT2D eigenvalue weighted by atomic mass is 10.0. The molecule has 0 amide bonds. The summed E-state index contributed by atoms with van der Waals surface area (Å²) in [5.41, 5.74) is 3.60. The van der Waals surface area contributed by atoms with Crippen molar-refractivity contribution in [3.8, 4) is 0 Å². The Morgan fingerprint density at radius 2 is 1.73 bits per heavy atom. The van der Waals surface area contributed by atoms with Crippen molar-refractivity contribution >= 4 is 22.5 Å². The zero-order valence-electron chi connectivity index (χ0n) is 13.6. The zero-order chi connectivity index (χ0) is 15.9. The summed E-state index contributed by atoms with van der Waals surface area (Å²) < 4.78 is 0. The molecule has 0 aliphatic rings. The van der Waals surface area contributed by atoms with Gasteiger partial charge < -0.3 is 4.90 Å². The Bertz CT molecular complexity index is 746. The molecule has 0 atom stereocenters. The fraction of sp³-hybridized carbons (Fsp3) is 0.143. The van der Waals surface area contributed by atoms with Crippen molar-refractivity contribution in [3.05, 3.63) is 84.5 Å². The van der Waals surface area contributed by atoms with Gasteiger partial charge in [-0.1, -0.05) is 73.4 Å². The van der Waals surface area contributed by atoms with E-state index in [-0.39, 0.29) is 0 Å². The molecule has 22 heavy (non-hydrogen) atoms. The fourth-order valence-corrected chi connectivity index (χ4v) is 2.52. The van der Waals surface area contributed by atoms with Crippen LogP contribution in [0.5, 0.6) is 0 Å². The third-order valence-corrected chi connectivity index (χ3v) is 3.54. The summed E-state index contributed by atoms with van der Waals surface area (Å²) in [6.07, 6.45) is 12.2. The number of hydrogen-bond acceptors (Lipinski definition) is 1. The highest BCUT2D eigenvalue weighted by Gasteiger charge is 2.05. The third-order valence-electron chi connectivity index (χ3n) is 3.54. The number of benzene rings is 2. The molecule has 0 heterocycles. The second kappa shape index (κ2) is 7.46. The summed E-state index contributed by atoms with van der Waals surface area (Å²) in [5.74, 6) is 0. The molecular weight excluding hydrogens is 266 g/mol. The molecular formula is C21H23N. The van der Waals surface area contributed by atoms with Gasteiger partial charge in [0.2, 0.25) is 0 Å². The highest BCUT2D eigenvalue weighted by molar-refractivity contribution is 5.99. The van der Waals surface area contributed by atoms with E-state index in [0.29, 0.717) is 0 Å². The standard InChI is InChI=1S/C21H23N/c1-5-9-17(10-6-2)13-14-18-15-16-21(22(3)4)20-12-8-7-11-19(18)20/h5-16H,1H2,2-4H3/b10-6-,14-13+,17-9+. The van der Waals surface area contributed by atoms with Crippen LogP contribution in [0, 0.1) is 0 Å². The molecule has 0 unspecified atom stereocenters. The topological polar surface area (TPSA) is 3.24 Å². The first-order valence-electron chi connectivity index (χ1n) is 7.50. The van der Waals surface area contributed by atoms with Crippen LogP contribution < -0.4 is 4.90 Å². The predicted molar refractivity (Wildman–Crippen MR) is 100 cm³/mol. The second-order valence-corrected chi connectivity index (χ2v) is 5.35. The Balaban J connectivity index is 2.51. The molecule has 0 radical (unpaired) electrons. The van der Waals surface area contributed by atoms with Crippen molar-refractivity contribution in [1.29, 1.82) is 0 Å². The molecule has 2 rings (SSSR count). The molecule has 0 aliphatic carbocycles. The molecule has 0 spiro atoms. The molecule has 1 heteroatoms. The van der Waals surface area contributed by atoms with E-state index in [2.05, 4.69) is 80.2 Å². The Hall–Kier alpha value is -2.54. The number of allylic oxidation sites excluding steroid dienone is 6. The molecule has 0 saturated heterocycles. The van der Waals surface area contributed by atoms with Crippen molar-refractivity contribution in [2.45, 2.75) is 6.92 Å². The molecule has 0 aromatic heterocycles. The van der Waals surface area contributed by atoms with Crippen molar-refractivity contribution in [2.24, 2.45) is 0 Å². The van der Waals surface area contributed by atoms with Gasteiger partial charge in [-0.2, -0.15) is 0 Å². The lowest BCUT2D eigenvalue weighted by molar-refractivity contribution is 1.14. The lowest BCUT2D eigenvalue weighted by Gasteiger charge is -2.16. The van der Waals surface area contributed by atoms with Crippen LogP contribution >= 0.6 is 0 Å². The van der Waals surface area contributed by atoms with Crippen LogP contribution in [0.25, 0.3) is 16.8 Å². The van der Waals surface area contributed by atoms with Crippen molar-refractivity contribution in [1.82, 2.24) is 0 Å². The molecule has 0 aliphatic heterocycles. The van der Waals surface area contributed by atoms with Gasteiger partial charge in [-0.15, -0.1) is 0 Å². The van der Waals surface area contributed by atoms with Crippen LogP contribution in [0.2, 0.25) is 0 Å². The van der Waals surface area contributed by atoms with Crippen LogP contribution in [-0.4, -0.2) is 14.1 Å². The van der Waals surface area contributed by atoms with E-state index in [0.717, 1.165) is 5.57 Å². The first-order chi connectivity index (χ1) is 10.7. The number of rotatable bonds is 5. The molecule has 0 saturated carbocycles. The van der Waals surface area contributed by atoms with E-state index in [1.807, 2.05) is 25.2 Å². The Labute approximate surface area is 133 Å². The van der Waals surface area contributed by atoms with E-state index in [9.17, 15) is 0 Å². The maximum Gasteiger partial charge on any atom is 0.0441 e. The molecule has 0 fully saturated rings. The molecule has 0 bridgehead atoms. The fourth-order valence-electron chi connectivity index (χ4n) is 2.52. The van der Waals surface area contributed by atoms with E-state index < -0.39 is 0 Å². The van der Waals surface area contributed by atoms with Gasteiger partial charge >= 0.3 is 0 Å². The van der Waals surface area contributed by atoms with Gasteiger partial charge in [0.15, 0.2) is 0 Å². The minimum absolute atomic E-state index is 1.14. The number of fused-ring (bicyclic) bond motifs is 1. The minimum atomic E-state index is 1.14. The van der Waals surface area contributed by atoms with Crippen LogP contribution in [0.1, 0.15) is 12.5 Å². The number of nitrogens with zero attached hydrogens (tertiary/aromatic N) is 1. The normalized spacial score (nSPS) is 12.4. The van der Waals surface area contributed by atoms with E-state index >= 15 is 0 Å². The average Bonchev–Trinajstić information content (AvgIpc) is 2.52. The van der Waals surface area contributed by atoms with E-state index in [4.69, 9.17) is 0 Å². The lowest BCUT2D eigenvalue weighted by Crippen LogP contribution is -2.09.